The van der Waals surface area contributed by atoms with Crippen LogP contribution in [0, 0.1) is 0 Å². The quantitative estimate of drug-likeness (QED) is 0.215. The van der Waals surface area contributed by atoms with Gasteiger partial charge in [-0.15, -0.1) is 0 Å². The third-order valence-corrected chi connectivity index (χ3v) is 8.89. The van der Waals surface area contributed by atoms with Gasteiger partial charge in [0.2, 0.25) is 0 Å². The zero-order valence-electron chi connectivity index (χ0n) is 19.8. The number of hydrogen-bond acceptors (Lipinski definition) is 0. The maximum Gasteiger partial charge on any atom is 0.0725 e. The molecule has 0 heterocycles. The Kier molecular flexibility index (Phi) is 3.36. The van der Waals surface area contributed by atoms with Crippen molar-refractivity contribution in [1.29, 1.82) is 0 Å². The lowest BCUT2D eigenvalue weighted by atomic mass is 9.70. The van der Waals surface area contributed by atoms with Crippen LogP contribution in [0.1, 0.15) is 33.4 Å². The third-order valence-electron chi connectivity index (χ3n) is 8.89. The Hall–Kier alpha value is -4.42. The van der Waals surface area contributed by atoms with E-state index < -0.39 is 0 Å². The molecule has 6 aromatic rings. The number of benzene rings is 6. The van der Waals surface area contributed by atoms with Gasteiger partial charge in [-0.2, -0.15) is 0 Å². The van der Waals surface area contributed by atoms with Crippen molar-refractivity contribution in [3.05, 3.63) is 155 Å². The molecule has 0 nitrogen and oxygen atoms in total. The summed E-state index contributed by atoms with van der Waals surface area (Å²) in [6.45, 7) is 0. The molecule has 3 aliphatic rings. The highest BCUT2D eigenvalue weighted by Gasteiger charge is 2.52. The van der Waals surface area contributed by atoms with Crippen molar-refractivity contribution >= 4 is 10.8 Å². The molecule has 0 N–H and O–H groups in total. The second-order valence-electron chi connectivity index (χ2n) is 10.4. The van der Waals surface area contributed by atoms with E-state index in [9.17, 15) is 0 Å². The first kappa shape index (κ1) is 18.9. The molecule has 0 saturated heterocycles. The molecular formula is C36H22. The van der Waals surface area contributed by atoms with E-state index in [-0.39, 0.29) is 5.41 Å². The first-order chi connectivity index (χ1) is 17.9. The van der Waals surface area contributed by atoms with Crippen molar-refractivity contribution in [3.63, 3.8) is 0 Å². The van der Waals surface area contributed by atoms with E-state index in [1.165, 1.54) is 77.5 Å². The Morgan fingerprint density at radius 2 is 1.08 bits per heavy atom. The van der Waals surface area contributed by atoms with Gasteiger partial charge in [0.1, 0.15) is 0 Å². The van der Waals surface area contributed by atoms with Crippen LogP contribution in [0.25, 0.3) is 44.2 Å². The van der Waals surface area contributed by atoms with Gasteiger partial charge in [-0.1, -0.05) is 115 Å². The Morgan fingerprint density at radius 3 is 1.89 bits per heavy atom. The van der Waals surface area contributed by atoms with E-state index in [2.05, 4.69) is 121 Å². The summed E-state index contributed by atoms with van der Waals surface area (Å²) in [4.78, 5) is 0. The summed E-state index contributed by atoms with van der Waals surface area (Å²) in [5, 5.41) is 2.65. The zero-order valence-corrected chi connectivity index (χ0v) is 19.8. The minimum absolute atomic E-state index is 0.286. The summed E-state index contributed by atoms with van der Waals surface area (Å²) < 4.78 is 0. The minimum atomic E-state index is -0.286. The lowest BCUT2D eigenvalue weighted by Gasteiger charge is -2.31. The Labute approximate surface area is 210 Å². The molecule has 0 aromatic heterocycles. The van der Waals surface area contributed by atoms with Crippen LogP contribution in [-0.2, 0) is 11.8 Å². The van der Waals surface area contributed by atoms with Gasteiger partial charge in [0.05, 0.1) is 5.41 Å². The highest BCUT2D eigenvalue weighted by Crippen LogP contribution is 2.64. The highest BCUT2D eigenvalue weighted by molar-refractivity contribution is 6.07. The van der Waals surface area contributed by atoms with Crippen LogP contribution >= 0.6 is 0 Å². The maximum atomic E-state index is 2.55. The summed E-state index contributed by atoms with van der Waals surface area (Å²) >= 11 is 0. The minimum Gasteiger partial charge on any atom is -0.0619 e. The van der Waals surface area contributed by atoms with Crippen LogP contribution in [0.5, 0.6) is 0 Å². The third kappa shape index (κ3) is 2.05. The van der Waals surface area contributed by atoms with Gasteiger partial charge in [0, 0.05) is 0 Å². The fourth-order valence-electron chi connectivity index (χ4n) is 7.54. The van der Waals surface area contributed by atoms with Gasteiger partial charge in [0.15, 0.2) is 0 Å². The van der Waals surface area contributed by atoms with E-state index in [1.807, 2.05) is 0 Å². The van der Waals surface area contributed by atoms with Crippen molar-refractivity contribution in [1.82, 2.24) is 0 Å². The molecule has 6 aromatic carbocycles. The normalized spacial score (nSPS) is 14.8. The van der Waals surface area contributed by atoms with Gasteiger partial charge >= 0.3 is 0 Å². The van der Waals surface area contributed by atoms with Gasteiger partial charge in [-0.25, -0.2) is 0 Å². The first-order valence-corrected chi connectivity index (χ1v) is 12.8. The Morgan fingerprint density at radius 1 is 0.417 bits per heavy atom. The average molecular weight is 455 g/mol. The van der Waals surface area contributed by atoms with E-state index in [1.54, 1.807) is 0 Å². The van der Waals surface area contributed by atoms with Crippen molar-refractivity contribution in [2.45, 2.75) is 11.8 Å². The van der Waals surface area contributed by atoms with Crippen LogP contribution in [0.15, 0.2) is 121 Å². The molecule has 0 aliphatic heterocycles. The van der Waals surface area contributed by atoms with Gasteiger partial charge in [-0.05, 0) is 90.0 Å². The van der Waals surface area contributed by atoms with Crippen LogP contribution in [0.4, 0.5) is 0 Å². The summed E-state index contributed by atoms with van der Waals surface area (Å²) in [7, 11) is 0. The molecule has 3 aliphatic carbocycles. The van der Waals surface area contributed by atoms with E-state index in [0.29, 0.717) is 0 Å². The van der Waals surface area contributed by atoms with Gasteiger partial charge in [0.25, 0.3) is 0 Å². The molecule has 9 rings (SSSR count). The molecule has 1 spiro atoms. The van der Waals surface area contributed by atoms with Gasteiger partial charge in [-0.3, -0.25) is 0 Å². The van der Waals surface area contributed by atoms with Crippen LogP contribution in [-0.4, -0.2) is 0 Å². The summed E-state index contributed by atoms with van der Waals surface area (Å²) in [5.41, 5.74) is 16.6. The maximum absolute atomic E-state index is 2.55. The fraction of sp³-hybridized carbons (Fsp3) is 0.0556. The molecule has 0 fully saturated rings. The monoisotopic (exact) mass is 454 g/mol. The fourth-order valence-corrected chi connectivity index (χ4v) is 7.54. The molecule has 0 bridgehead atoms. The lowest BCUT2D eigenvalue weighted by Crippen LogP contribution is -2.26. The summed E-state index contributed by atoms with van der Waals surface area (Å²) in [6.07, 6.45) is 1.01. The molecule has 166 valence electrons. The summed E-state index contributed by atoms with van der Waals surface area (Å²) in [6, 6.07) is 45.8. The predicted molar refractivity (Wildman–Crippen MR) is 148 cm³/mol. The highest BCUT2D eigenvalue weighted by atomic mass is 14.5. The molecule has 0 saturated carbocycles. The molecule has 0 amide bonds. The largest absolute Gasteiger partial charge is 0.0725 e. The number of hydrogen-bond donors (Lipinski definition) is 0. The van der Waals surface area contributed by atoms with Crippen molar-refractivity contribution in [2.24, 2.45) is 0 Å². The number of fused-ring (bicyclic) bond motifs is 15. The Bertz CT molecular complexity index is 1870. The van der Waals surface area contributed by atoms with E-state index in [4.69, 9.17) is 0 Å². The topological polar surface area (TPSA) is 0 Å². The van der Waals surface area contributed by atoms with Crippen molar-refractivity contribution in [3.8, 4) is 33.4 Å². The predicted octanol–water partition coefficient (Wildman–Crippen LogP) is 8.75. The first-order valence-electron chi connectivity index (χ1n) is 12.8. The smallest absolute Gasteiger partial charge is 0.0619 e. The number of rotatable bonds is 0. The second kappa shape index (κ2) is 6.42. The molecule has 0 unspecified atom stereocenters. The molecule has 0 atom stereocenters. The molecule has 36 heavy (non-hydrogen) atoms. The van der Waals surface area contributed by atoms with E-state index in [0.717, 1.165) is 6.42 Å². The zero-order chi connectivity index (χ0) is 23.4. The van der Waals surface area contributed by atoms with Crippen LogP contribution in [0.3, 0.4) is 0 Å². The lowest BCUT2D eigenvalue weighted by molar-refractivity contribution is 0.793. The van der Waals surface area contributed by atoms with Crippen LogP contribution in [0.2, 0.25) is 0 Å². The molecule has 0 heteroatoms. The van der Waals surface area contributed by atoms with Crippen molar-refractivity contribution < 1.29 is 0 Å². The standard InChI is InChI=1S/C36H22/c1-4-12-26-22(9-1)17-18-33-35(26)30-21-29-24(19-23-10-2-3-11-25(23)29)20-34(30)36(33)31-15-7-5-13-27(31)28-14-6-8-16-32(28)36/h1-18,20-21H,19H2. The average Bonchev–Trinajstić information content (AvgIpc) is 3.55. The summed E-state index contributed by atoms with van der Waals surface area (Å²) in [5.74, 6) is 0. The van der Waals surface area contributed by atoms with E-state index >= 15 is 0 Å². The van der Waals surface area contributed by atoms with Gasteiger partial charge < -0.3 is 0 Å². The van der Waals surface area contributed by atoms with Crippen molar-refractivity contribution in [2.75, 3.05) is 0 Å². The molecular weight excluding hydrogens is 432 g/mol. The molecule has 0 radical (unpaired) electrons. The Balaban J connectivity index is 1.50. The SMILES string of the molecule is c1ccc2c(c1)Cc1cc3c(cc1-2)-c1c(ccc2ccccc12)C31c2ccccc2-c2ccccc21. The second-order valence-corrected chi connectivity index (χ2v) is 10.4. The van der Waals surface area contributed by atoms with Crippen LogP contribution < -0.4 is 0 Å².